The van der Waals surface area contributed by atoms with Gasteiger partial charge in [0.25, 0.3) is 0 Å². The quantitative estimate of drug-likeness (QED) is 0.852. The molecule has 0 aliphatic carbocycles. The molecule has 1 amide bonds. The number of carbonyl (C=O) groups is 1. The molecule has 0 fully saturated rings. The number of hydrogen-bond acceptors (Lipinski definition) is 3. The summed E-state index contributed by atoms with van der Waals surface area (Å²) in [6, 6.07) is 11.9. The van der Waals surface area contributed by atoms with Gasteiger partial charge in [-0.1, -0.05) is 31.2 Å². The maximum atomic E-state index is 12.3. The smallest absolute Gasteiger partial charge is 0.232 e. The predicted molar refractivity (Wildman–Crippen MR) is 85.2 cm³/mol. The maximum absolute atomic E-state index is 12.3. The molecule has 2 N–H and O–H groups in total. The van der Waals surface area contributed by atoms with Crippen molar-refractivity contribution in [1.29, 1.82) is 0 Å². The Balaban J connectivity index is 2.07. The Morgan fingerprint density at radius 2 is 2.05 bits per heavy atom. The standard InChI is InChI=1S/C16H20N2OS/c1-3-17-11-13-7-4-5-8-14(13)18-16(19)12(2)15-9-6-10-20-15/h4-10,12,17H,3,11H2,1-2H3,(H,18,19). The number of benzene rings is 1. The summed E-state index contributed by atoms with van der Waals surface area (Å²) in [6.07, 6.45) is 0. The van der Waals surface area contributed by atoms with E-state index in [0.717, 1.165) is 29.2 Å². The van der Waals surface area contributed by atoms with E-state index in [1.165, 1.54) is 0 Å². The minimum absolute atomic E-state index is 0.0383. The first-order chi connectivity index (χ1) is 9.72. The Kier molecular flexibility index (Phi) is 5.32. The second-order valence-electron chi connectivity index (χ2n) is 4.66. The molecule has 1 unspecified atom stereocenters. The summed E-state index contributed by atoms with van der Waals surface area (Å²) in [6.45, 7) is 5.68. The Morgan fingerprint density at radius 1 is 1.25 bits per heavy atom. The average Bonchev–Trinajstić information content (AvgIpc) is 2.99. The number of nitrogens with one attached hydrogen (secondary N) is 2. The van der Waals surface area contributed by atoms with Gasteiger partial charge in [0.05, 0.1) is 5.92 Å². The van der Waals surface area contributed by atoms with Crippen LogP contribution in [-0.4, -0.2) is 12.5 Å². The molecule has 106 valence electrons. The van der Waals surface area contributed by atoms with Crippen LogP contribution >= 0.6 is 11.3 Å². The predicted octanol–water partition coefficient (Wildman–Crippen LogP) is 3.60. The Hall–Kier alpha value is -1.65. The van der Waals surface area contributed by atoms with Crippen molar-refractivity contribution in [2.45, 2.75) is 26.3 Å². The van der Waals surface area contributed by atoms with E-state index in [2.05, 4.69) is 17.6 Å². The minimum Gasteiger partial charge on any atom is -0.325 e. The first-order valence-corrected chi connectivity index (χ1v) is 7.73. The van der Waals surface area contributed by atoms with Gasteiger partial charge in [0, 0.05) is 17.1 Å². The van der Waals surface area contributed by atoms with Gasteiger partial charge in [-0.15, -0.1) is 11.3 Å². The topological polar surface area (TPSA) is 41.1 Å². The molecule has 2 rings (SSSR count). The lowest BCUT2D eigenvalue weighted by molar-refractivity contribution is -0.117. The van der Waals surface area contributed by atoms with Gasteiger partial charge in [-0.25, -0.2) is 0 Å². The normalized spacial score (nSPS) is 12.1. The van der Waals surface area contributed by atoms with Crippen LogP contribution < -0.4 is 10.6 Å². The molecule has 4 heteroatoms. The summed E-state index contributed by atoms with van der Waals surface area (Å²) in [5.41, 5.74) is 2.00. The number of hydrogen-bond donors (Lipinski definition) is 2. The minimum atomic E-state index is -0.123. The summed E-state index contributed by atoms with van der Waals surface area (Å²) >= 11 is 1.61. The van der Waals surface area contributed by atoms with Crippen LogP contribution in [-0.2, 0) is 11.3 Å². The highest BCUT2D eigenvalue weighted by Gasteiger charge is 2.17. The molecule has 20 heavy (non-hydrogen) atoms. The van der Waals surface area contributed by atoms with Crippen molar-refractivity contribution in [2.24, 2.45) is 0 Å². The molecule has 1 aromatic heterocycles. The van der Waals surface area contributed by atoms with Crippen molar-refractivity contribution in [3.05, 3.63) is 52.2 Å². The molecule has 0 bridgehead atoms. The zero-order valence-electron chi connectivity index (χ0n) is 11.8. The summed E-state index contributed by atoms with van der Waals surface area (Å²) < 4.78 is 0. The maximum Gasteiger partial charge on any atom is 0.232 e. The first kappa shape index (κ1) is 14.8. The Bertz CT molecular complexity index is 551. The number of anilines is 1. The fourth-order valence-electron chi connectivity index (χ4n) is 1.96. The lowest BCUT2D eigenvalue weighted by atomic mass is 10.1. The number of amides is 1. The molecular weight excluding hydrogens is 268 g/mol. The third-order valence-corrected chi connectivity index (χ3v) is 4.26. The van der Waals surface area contributed by atoms with Gasteiger partial charge in [-0.3, -0.25) is 4.79 Å². The van der Waals surface area contributed by atoms with Gasteiger partial charge < -0.3 is 10.6 Å². The molecule has 1 atom stereocenters. The van der Waals surface area contributed by atoms with E-state index in [9.17, 15) is 4.79 Å². The van der Waals surface area contributed by atoms with Crippen molar-refractivity contribution in [3.8, 4) is 0 Å². The Morgan fingerprint density at radius 3 is 2.75 bits per heavy atom. The zero-order valence-corrected chi connectivity index (χ0v) is 12.7. The van der Waals surface area contributed by atoms with E-state index in [0.29, 0.717) is 0 Å². The van der Waals surface area contributed by atoms with Crippen LogP contribution in [0.5, 0.6) is 0 Å². The third kappa shape index (κ3) is 3.68. The van der Waals surface area contributed by atoms with E-state index < -0.39 is 0 Å². The molecule has 0 aliphatic rings. The number of rotatable bonds is 6. The Labute approximate surface area is 124 Å². The largest absolute Gasteiger partial charge is 0.325 e. The molecule has 2 aromatic rings. The molecular formula is C16H20N2OS. The zero-order chi connectivity index (χ0) is 14.4. The lowest BCUT2D eigenvalue weighted by Crippen LogP contribution is -2.20. The van der Waals surface area contributed by atoms with Crippen molar-refractivity contribution in [2.75, 3.05) is 11.9 Å². The van der Waals surface area contributed by atoms with Crippen LogP contribution in [0.4, 0.5) is 5.69 Å². The number of thiophene rings is 1. The van der Waals surface area contributed by atoms with E-state index >= 15 is 0 Å². The van der Waals surface area contributed by atoms with Gasteiger partial charge in [0.1, 0.15) is 0 Å². The highest BCUT2D eigenvalue weighted by atomic mass is 32.1. The molecule has 3 nitrogen and oxygen atoms in total. The molecule has 0 saturated carbocycles. The van der Waals surface area contributed by atoms with Crippen LogP contribution in [0, 0.1) is 0 Å². The van der Waals surface area contributed by atoms with E-state index in [4.69, 9.17) is 0 Å². The van der Waals surface area contributed by atoms with Gasteiger partial charge >= 0.3 is 0 Å². The number of carbonyl (C=O) groups excluding carboxylic acids is 1. The molecule has 0 saturated heterocycles. The van der Waals surface area contributed by atoms with Crippen LogP contribution in [0.2, 0.25) is 0 Å². The molecule has 1 aromatic carbocycles. The van der Waals surface area contributed by atoms with Crippen molar-refractivity contribution in [3.63, 3.8) is 0 Å². The summed E-state index contributed by atoms with van der Waals surface area (Å²) in [5, 5.41) is 8.32. The second-order valence-corrected chi connectivity index (χ2v) is 5.64. The second kappa shape index (κ2) is 7.22. The van der Waals surface area contributed by atoms with Gasteiger partial charge in [0.2, 0.25) is 5.91 Å². The third-order valence-electron chi connectivity index (χ3n) is 3.20. The monoisotopic (exact) mass is 288 g/mol. The summed E-state index contributed by atoms with van der Waals surface area (Å²) in [5.74, 6) is -0.0846. The van der Waals surface area contributed by atoms with Crippen LogP contribution in [0.25, 0.3) is 0 Å². The van der Waals surface area contributed by atoms with Crippen molar-refractivity contribution in [1.82, 2.24) is 5.32 Å². The van der Waals surface area contributed by atoms with E-state index in [-0.39, 0.29) is 11.8 Å². The van der Waals surface area contributed by atoms with Crippen LogP contribution in [0.15, 0.2) is 41.8 Å². The van der Waals surface area contributed by atoms with Gasteiger partial charge in [0.15, 0.2) is 0 Å². The fraction of sp³-hybridized carbons (Fsp3) is 0.312. The molecule has 0 aliphatic heterocycles. The van der Waals surface area contributed by atoms with Gasteiger partial charge in [-0.05, 0) is 36.5 Å². The molecule has 0 spiro atoms. The van der Waals surface area contributed by atoms with E-state index in [1.807, 2.05) is 48.7 Å². The lowest BCUT2D eigenvalue weighted by Gasteiger charge is -2.14. The summed E-state index contributed by atoms with van der Waals surface area (Å²) in [7, 11) is 0. The highest BCUT2D eigenvalue weighted by Crippen LogP contribution is 2.23. The highest BCUT2D eigenvalue weighted by molar-refractivity contribution is 7.10. The number of para-hydroxylation sites is 1. The van der Waals surface area contributed by atoms with Crippen LogP contribution in [0.1, 0.15) is 30.2 Å². The van der Waals surface area contributed by atoms with E-state index in [1.54, 1.807) is 11.3 Å². The first-order valence-electron chi connectivity index (χ1n) is 6.85. The van der Waals surface area contributed by atoms with Crippen LogP contribution in [0.3, 0.4) is 0 Å². The van der Waals surface area contributed by atoms with Gasteiger partial charge in [-0.2, -0.15) is 0 Å². The fourth-order valence-corrected chi connectivity index (χ4v) is 2.75. The molecule has 0 radical (unpaired) electrons. The SMILES string of the molecule is CCNCc1ccccc1NC(=O)C(C)c1cccs1. The van der Waals surface area contributed by atoms with Crippen molar-refractivity contribution >= 4 is 22.9 Å². The van der Waals surface area contributed by atoms with Crippen molar-refractivity contribution < 1.29 is 4.79 Å². The summed E-state index contributed by atoms with van der Waals surface area (Å²) in [4.78, 5) is 13.4. The molecule has 1 heterocycles. The average molecular weight is 288 g/mol.